The van der Waals surface area contributed by atoms with Gasteiger partial charge in [0.25, 0.3) is 0 Å². The summed E-state index contributed by atoms with van der Waals surface area (Å²) in [5.41, 5.74) is 0.602. The van der Waals surface area contributed by atoms with E-state index < -0.39 is 5.82 Å². The Bertz CT molecular complexity index is 1700. The number of rotatable bonds is 3. The fourth-order valence-electron chi connectivity index (χ4n) is 6.74. The Morgan fingerprint density at radius 2 is 1.95 bits per heavy atom. The first-order valence-corrected chi connectivity index (χ1v) is 14.1. The second-order valence-electron chi connectivity index (χ2n) is 11.6. The number of fused-ring (bicyclic) bond motifs is 6. The van der Waals surface area contributed by atoms with Crippen molar-refractivity contribution in [1.29, 1.82) is 0 Å². The number of halogens is 2. The molecule has 2 aromatic carbocycles. The molecule has 3 unspecified atom stereocenters. The van der Waals surface area contributed by atoms with Crippen molar-refractivity contribution < 1.29 is 14.2 Å². The van der Waals surface area contributed by atoms with Gasteiger partial charge in [-0.1, -0.05) is 23.7 Å². The summed E-state index contributed by atoms with van der Waals surface area (Å²) in [5.74, 6) is 0.905. The van der Waals surface area contributed by atoms with Gasteiger partial charge < -0.3 is 29.9 Å². The Balaban J connectivity index is 1.38. The third kappa shape index (κ3) is 3.55. The number of benzene rings is 2. The molecule has 0 saturated carbocycles. The monoisotopic (exact) mass is 561 g/mol. The molecule has 4 aliphatic heterocycles. The van der Waals surface area contributed by atoms with Crippen LogP contribution in [0.2, 0.25) is 5.02 Å². The molecule has 206 valence electrons. The number of piperazine rings is 1. The second-order valence-corrected chi connectivity index (χ2v) is 12.0. The average molecular weight is 562 g/mol. The molecule has 0 amide bonds. The molecule has 40 heavy (non-hydrogen) atoms. The highest BCUT2D eigenvalue weighted by atomic mass is 35.5. The van der Waals surface area contributed by atoms with Crippen LogP contribution in [0.1, 0.15) is 12.8 Å². The molecule has 2 bridgehead atoms. The van der Waals surface area contributed by atoms with Gasteiger partial charge in [0.2, 0.25) is 11.8 Å². The zero-order valence-electron chi connectivity index (χ0n) is 22.2. The van der Waals surface area contributed by atoms with Crippen LogP contribution in [0.25, 0.3) is 32.9 Å². The molecule has 11 heteroatoms. The van der Waals surface area contributed by atoms with Crippen molar-refractivity contribution in [3.8, 4) is 22.9 Å². The van der Waals surface area contributed by atoms with Gasteiger partial charge in [0.15, 0.2) is 5.82 Å². The van der Waals surface area contributed by atoms with Crippen molar-refractivity contribution in [1.82, 2.24) is 25.2 Å². The van der Waals surface area contributed by atoms with Gasteiger partial charge >= 0.3 is 0 Å². The number of hydrogen-bond acceptors (Lipinski definition) is 9. The van der Waals surface area contributed by atoms with E-state index in [9.17, 15) is 5.11 Å². The molecule has 0 spiro atoms. The minimum absolute atomic E-state index is 0.00329. The number of pyridine rings is 1. The second kappa shape index (κ2) is 8.76. The fourth-order valence-corrected chi connectivity index (χ4v) is 7.03. The molecule has 2 aromatic heterocycles. The molecule has 3 atom stereocenters. The summed E-state index contributed by atoms with van der Waals surface area (Å²) in [6.07, 6.45) is 2.16. The minimum atomic E-state index is -0.583. The average Bonchev–Trinajstić information content (AvgIpc) is 3.21. The van der Waals surface area contributed by atoms with Gasteiger partial charge in [0, 0.05) is 53.7 Å². The predicted octanol–water partition coefficient (Wildman–Crippen LogP) is 3.79. The lowest BCUT2D eigenvalue weighted by Crippen LogP contribution is -2.60. The van der Waals surface area contributed by atoms with E-state index in [-0.39, 0.29) is 29.0 Å². The van der Waals surface area contributed by atoms with E-state index in [1.54, 1.807) is 18.2 Å². The maximum atomic E-state index is 16.8. The van der Waals surface area contributed by atoms with E-state index in [1.165, 1.54) is 6.07 Å². The van der Waals surface area contributed by atoms with Crippen LogP contribution in [0.5, 0.6) is 11.6 Å². The van der Waals surface area contributed by atoms with Crippen molar-refractivity contribution in [2.75, 3.05) is 50.1 Å². The van der Waals surface area contributed by atoms with Crippen LogP contribution >= 0.6 is 11.6 Å². The van der Waals surface area contributed by atoms with Crippen LogP contribution in [-0.2, 0) is 0 Å². The highest BCUT2D eigenvalue weighted by Gasteiger charge is 2.44. The van der Waals surface area contributed by atoms with E-state index in [2.05, 4.69) is 34.1 Å². The van der Waals surface area contributed by atoms with Crippen LogP contribution in [-0.4, -0.2) is 89.5 Å². The topological polar surface area (TPSA) is 89.9 Å². The number of phenols is 1. The summed E-state index contributed by atoms with van der Waals surface area (Å²) in [6, 6.07) is 9.55. The van der Waals surface area contributed by atoms with E-state index in [4.69, 9.17) is 31.3 Å². The number of likely N-dealkylation sites (N-methyl/N-ethyl adjacent to an activating group) is 1. The Morgan fingerprint density at radius 3 is 2.77 bits per heavy atom. The van der Waals surface area contributed by atoms with Crippen LogP contribution < -0.4 is 19.9 Å². The van der Waals surface area contributed by atoms with Crippen molar-refractivity contribution in [3.05, 3.63) is 41.2 Å². The van der Waals surface area contributed by atoms with Crippen molar-refractivity contribution in [3.63, 3.8) is 0 Å². The van der Waals surface area contributed by atoms with Gasteiger partial charge in [-0.25, -0.2) is 14.4 Å². The summed E-state index contributed by atoms with van der Waals surface area (Å²) >= 11 is 6.61. The number of nitrogens with one attached hydrogen (secondary N) is 1. The number of aromatic nitrogens is 3. The van der Waals surface area contributed by atoms with Gasteiger partial charge in [-0.2, -0.15) is 4.98 Å². The van der Waals surface area contributed by atoms with Crippen LogP contribution in [0.4, 0.5) is 16.2 Å². The lowest BCUT2D eigenvalue weighted by atomic mass is 10.00. The van der Waals surface area contributed by atoms with Crippen LogP contribution in [0.3, 0.4) is 0 Å². The van der Waals surface area contributed by atoms with Gasteiger partial charge in [0.05, 0.1) is 6.04 Å². The van der Waals surface area contributed by atoms with E-state index in [1.807, 2.05) is 6.07 Å². The summed E-state index contributed by atoms with van der Waals surface area (Å²) in [7, 11) is 4.12. The van der Waals surface area contributed by atoms with E-state index in [0.717, 1.165) is 32.5 Å². The van der Waals surface area contributed by atoms with Gasteiger partial charge in [-0.15, -0.1) is 0 Å². The standard InChI is InChI=1S/C29H29ClFN7O2/c1-36(2)16-11-37(12-16)29-34-26-23-27(35-29)38-10-15-6-7-20(32-15)21(38)13-40-28(23)33-25(24(26)31)18-9-17(39)8-14-4-3-5-19(30)22(14)18/h3-5,8-9,15-16,20-21,32,39H,6-7,10-13H2,1-2H3. The molecule has 6 heterocycles. The Kier molecular flexibility index (Phi) is 5.33. The van der Waals surface area contributed by atoms with Crippen molar-refractivity contribution in [2.45, 2.75) is 37.0 Å². The highest BCUT2D eigenvalue weighted by molar-refractivity contribution is 6.36. The summed E-state index contributed by atoms with van der Waals surface area (Å²) in [4.78, 5) is 21.2. The molecule has 4 aliphatic rings. The minimum Gasteiger partial charge on any atom is -0.508 e. The first kappa shape index (κ1) is 24.3. The normalized spacial score (nSPS) is 23.9. The summed E-state index contributed by atoms with van der Waals surface area (Å²) in [6.45, 7) is 2.71. The quantitative estimate of drug-likeness (QED) is 0.388. The first-order valence-electron chi connectivity index (χ1n) is 13.8. The third-order valence-electron chi connectivity index (χ3n) is 8.98. The highest BCUT2D eigenvalue weighted by Crippen LogP contribution is 2.45. The zero-order valence-corrected chi connectivity index (χ0v) is 23.0. The molecular weight excluding hydrogens is 533 g/mol. The number of nitrogens with zero attached hydrogens (tertiary/aromatic N) is 6. The molecular formula is C29H29ClFN7O2. The Hall–Kier alpha value is -3.47. The molecule has 4 aromatic rings. The van der Waals surface area contributed by atoms with Crippen molar-refractivity contribution >= 4 is 45.0 Å². The number of phenolic OH excluding ortho intramolecular Hbond substituents is 1. The van der Waals surface area contributed by atoms with Crippen LogP contribution in [0, 0.1) is 5.82 Å². The van der Waals surface area contributed by atoms with E-state index in [0.29, 0.717) is 63.1 Å². The molecule has 3 fully saturated rings. The van der Waals surface area contributed by atoms with Gasteiger partial charge in [-0.05, 0) is 50.5 Å². The fraction of sp³-hybridized carbons (Fsp3) is 0.414. The molecule has 0 aliphatic carbocycles. The predicted molar refractivity (Wildman–Crippen MR) is 153 cm³/mol. The smallest absolute Gasteiger partial charge is 0.228 e. The van der Waals surface area contributed by atoms with Crippen LogP contribution in [0.15, 0.2) is 30.3 Å². The maximum absolute atomic E-state index is 16.8. The van der Waals surface area contributed by atoms with E-state index >= 15 is 4.39 Å². The summed E-state index contributed by atoms with van der Waals surface area (Å²) < 4.78 is 23.1. The first-order chi connectivity index (χ1) is 19.4. The number of ether oxygens (including phenoxy) is 1. The third-order valence-corrected chi connectivity index (χ3v) is 9.30. The molecule has 9 nitrogen and oxygen atoms in total. The molecule has 2 N–H and O–H groups in total. The SMILES string of the molecule is CN(C)C1CN(c2nc3c4c(nc(-c5cc(O)cc6cccc(Cl)c56)c(F)c4n2)OCC2C4CCC(CN32)N4)C1. The number of aromatic hydroxyl groups is 1. The largest absolute Gasteiger partial charge is 0.508 e. The molecule has 8 rings (SSSR count). The van der Waals surface area contributed by atoms with Crippen molar-refractivity contribution in [2.24, 2.45) is 0 Å². The number of anilines is 2. The Morgan fingerprint density at radius 1 is 1.10 bits per heavy atom. The lowest BCUT2D eigenvalue weighted by Gasteiger charge is -2.43. The molecule has 3 saturated heterocycles. The molecule has 0 radical (unpaired) electrons. The van der Waals surface area contributed by atoms with Gasteiger partial charge in [-0.3, -0.25) is 0 Å². The Labute approximate surface area is 235 Å². The summed E-state index contributed by atoms with van der Waals surface area (Å²) in [5, 5.41) is 16.5. The maximum Gasteiger partial charge on any atom is 0.228 e. The number of hydrogen-bond donors (Lipinski definition) is 2. The zero-order chi connectivity index (χ0) is 27.3. The van der Waals surface area contributed by atoms with Gasteiger partial charge in [0.1, 0.15) is 34.8 Å². The lowest BCUT2D eigenvalue weighted by molar-refractivity contribution is 0.238.